The second-order valence-corrected chi connectivity index (χ2v) is 4.94. The number of likely N-dealkylation sites (N-methyl/N-ethyl adjacent to an activating group) is 1. The van der Waals surface area contributed by atoms with Crippen LogP contribution in [-0.4, -0.2) is 42.6 Å². The second kappa shape index (κ2) is 5.40. The van der Waals surface area contributed by atoms with E-state index < -0.39 is 6.10 Å². The van der Waals surface area contributed by atoms with Crippen LogP contribution in [0.4, 0.5) is 0 Å². The lowest BCUT2D eigenvalue weighted by molar-refractivity contribution is 0.180. The minimum absolute atomic E-state index is 0.492. The van der Waals surface area contributed by atoms with Gasteiger partial charge in [-0.3, -0.25) is 4.99 Å². The number of nitrogens with one attached hydrogen (secondary N) is 1. The van der Waals surface area contributed by atoms with Gasteiger partial charge in [-0.15, -0.1) is 0 Å². The molecule has 4 nitrogen and oxygen atoms in total. The molecule has 4 heteroatoms. The number of guanidine groups is 1. The zero-order valence-electron chi connectivity index (χ0n) is 11.3. The summed E-state index contributed by atoms with van der Waals surface area (Å²) in [5.74, 6) is 0.874. The molecular formula is C14H21N3O. The molecule has 0 amide bonds. The van der Waals surface area contributed by atoms with E-state index in [0.29, 0.717) is 6.54 Å². The summed E-state index contributed by atoms with van der Waals surface area (Å²) in [6, 6.07) is 6.16. The molecule has 1 aromatic rings. The number of rotatable bonds is 3. The first-order valence-corrected chi connectivity index (χ1v) is 6.32. The molecule has 0 fully saturated rings. The zero-order chi connectivity index (χ0) is 13.1. The molecule has 1 unspecified atom stereocenters. The van der Waals surface area contributed by atoms with Crippen LogP contribution in [0.15, 0.2) is 23.2 Å². The van der Waals surface area contributed by atoms with Crippen molar-refractivity contribution in [3.05, 3.63) is 34.9 Å². The number of hydrogen-bond donors (Lipinski definition) is 2. The summed E-state index contributed by atoms with van der Waals surface area (Å²) in [4.78, 5) is 6.40. The Bertz CT molecular complexity index is 436. The van der Waals surface area contributed by atoms with Crippen LogP contribution in [0.1, 0.15) is 22.8 Å². The standard InChI is InChI=1S/C14H21N3O/c1-10-6-11(2)8-12(7-10)13(18)9-16-14-15-4-5-17(14)3/h6-8,13,18H,4-5,9H2,1-3H3,(H,15,16). The van der Waals surface area contributed by atoms with Gasteiger partial charge in [0, 0.05) is 20.1 Å². The third-order valence-electron chi connectivity index (χ3n) is 3.14. The zero-order valence-corrected chi connectivity index (χ0v) is 11.3. The van der Waals surface area contributed by atoms with E-state index in [-0.39, 0.29) is 0 Å². The van der Waals surface area contributed by atoms with Crippen LogP contribution in [0.25, 0.3) is 0 Å². The van der Waals surface area contributed by atoms with Gasteiger partial charge in [0.2, 0.25) is 0 Å². The van der Waals surface area contributed by atoms with E-state index in [1.807, 2.05) is 33.0 Å². The Kier molecular flexibility index (Phi) is 3.87. The first kappa shape index (κ1) is 12.9. The molecule has 1 aromatic carbocycles. The van der Waals surface area contributed by atoms with E-state index in [0.717, 1.165) is 24.6 Å². The van der Waals surface area contributed by atoms with Crippen molar-refractivity contribution in [2.75, 3.05) is 26.7 Å². The van der Waals surface area contributed by atoms with Crippen molar-refractivity contribution >= 4 is 5.96 Å². The van der Waals surface area contributed by atoms with Crippen molar-refractivity contribution in [2.45, 2.75) is 20.0 Å². The average Bonchev–Trinajstić information content (AvgIpc) is 2.70. The maximum Gasteiger partial charge on any atom is 0.193 e. The van der Waals surface area contributed by atoms with E-state index in [9.17, 15) is 5.11 Å². The van der Waals surface area contributed by atoms with Gasteiger partial charge in [-0.1, -0.05) is 29.3 Å². The highest BCUT2D eigenvalue weighted by Gasteiger charge is 2.14. The summed E-state index contributed by atoms with van der Waals surface area (Å²) >= 11 is 0. The van der Waals surface area contributed by atoms with E-state index >= 15 is 0 Å². The maximum atomic E-state index is 10.2. The second-order valence-electron chi connectivity index (χ2n) is 4.94. The van der Waals surface area contributed by atoms with Gasteiger partial charge in [-0.25, -0.2) is 0 Å². The summed E-state index contributed by atoms with van der Waals surface area (Å²) < 4.78 is 0. The monoisotopic (exact) mass is 247 g/mol. The van der Waals surface area contributed by atoms with E-state index in [1.54, 1.807) is 0 Å². The number of aliphatic hydroxyl groups is 1. The van der Waals surface area contributed by atoms with Crippen LogP contribution in [-0.2, 0) is 0 Å². The lowest BCUT2D eigenvalue weighted by Gasteiger charge is -2.18. The predicted molar refractivity (Wildman–Crippen MR) is 73.8 cm³/mol. The van der Waals surface area contributed by atoms with Crippen LogP contribution in [0.2, 0.25) is 0 Å². The van der Waals surface area contributed by atoms with E-state index in [2.05, 4.69) is 21.3 Å². The first-order chi connectivity index (χ1) is 8.56. The van der Waals surface area contributed by atoms with Gasteiger partial charge < -0.3 is 15.3 Å². The molecule has 0 aromatic heterocycles. The molecule has 1 aliphatic rings. The SMILES string of the molecule is Cc1cc(C)cc(C(O)CNC2=NCCN2C)c1. The van der Waals surface area contributed by atoms with Crippen LogP contribution in [0, 0.1) is 13.8 Å². The Morgan fingerprint density at radius 2 is 2.00 bits per heavy atom. The average molecular weight is 247 g/mol. The first-order valence-electron chi connectivity index (χ1n) is 6.32. The third kappa shape index (κ3) is 3.01. The number of aliphatic hydroxyl groups excluding tert-OH is 1. The van der Waals surface area contributed by atoms with Crippen molar-refractivity contribution < 1.29 is 5.11 Å². The van der Waals surface area contributed by atoms with Gasteiger partial charge >= 0.3 is 0 Å². The smallest absolute Gasteiger partial charge is 0.193 e. The Morgan fingerprint density at radius 1 is 1.33 bits per heavy atom. The molecule has 0 aliphatic carbocycles. The minimum Gasteiger partial charge on any atom is -0.387 e. The largest absolute Gasteiger partial charge is 0.387 e. The summed E-state index contributed by atoms with van der Waals surface area (Å²) in [6.07, 6.45) is -0.500. The molecule has 1 heterocycles. The van der Waals surface area contributed by atoms with Crippen LogP contribution in [0.5, 0.6) is 0 Å². The summed E-state index contributed by atoms with van der Waals surface area (Å²) in [7, 11) is 2.00. The molecule has 2 N–H and O–H groups in total. The molecule has 98 valence electrons. The fourth-order valence-corrected chi connectivity index (χ4v) is 2.23. The fraction of sp³-hybridized carbons (Fsp3) is 0.500. The molecule has 0 spiro atoms. The summed E-state index contributed by atoms with van der Waals surface area (Å²) in [6.45, 7) is 6.36. The number of aryl methyl sites for hydroxylation is 2. The Hall–Kier alpha value is -1.55. The normalized spacial score (nSPS) is 16.7. The summed E-state index contributed by atoms with van der Waals surface area (Å²) in [5, 5.41) is 13.4. The van der Waals surface area contributed by atoms with E-state index in [4.69, 9.17) is 0 Å². The maximum absolute atomic E-state index is 10.2. The highest BCUT2D eigenvalue weighted by atomic mass is 16.3. The Morgan fingerprint density at radius 3 is 2.56 bits per heavy atom. The van der Waals surface area contributed by atoms with Gasteiger partial charge in [-0.05, 0) is 19.4 Å². The van der Waals surface area contributed by atoms with Crippen molar-refractivity contribution in [3.8, 4) is 0 Å². The van der Waals surface area contributed by atoms with Crippen LogP contribution in [0.3, 0.4) is 0 Å². The molecule has 18 heavy (non-hydrogen) atoms. The Labute approximate surface area is 108 Å². The molecule has 0 saturated heterocycles. The van der Waals surface area contributed by atoms with Gasteiger partial charge in [0.05, 0.1) is 12.6 Å². The highest BCUT2D eigenvalue weighted by Crippen LogP contribution is 2.16. The van der Waals surface area contributed by atoms with Crippen LogP contribution >= 0.6 is 0 Å². The molecule has 1 atom stereocenters. The van der Waals surface area contributed by atoms with Gasteiger partial charge in [0.25, 0.3) is 0 Å². The molecule has 0 bridgehead atoms. The quantitative estimate of drug-likeness (QED) is 0.844. The number of aliphatic imine (C=N–C) groups is 1. The predicted octanol–water partition coefficient (Wildman–Crippen LogP) is 1.23. The molecule has 1 aliphatic heterocycles. The van der Waals surface area contributed by atoms with Crippen molar-refractivity contribution in [3.63, 3.8) is 0 Å². The minimum atomic E-state index is -0.500. The number of nitrogens with zero attached hydrogens (tertiary/aromatic N) is 2. The van der Waals surface area contributed by atoms with Gasteiger partial charge in [0.1, 0.15) is 0 Å². The number of hydrogen-bond acceptors (Lipinski definition) is 4. The van der Waals surface area contributed by atoms with Crippen molar-refractivity contribution in [1.82, 2.24) is 10.2 Å². The van der Waals surface area contributed by atoms with Crippen molar-refractivity contribution in [1.29, 1.82) is 0 Å². The molecule has 2 rings (SSSR count). The lowest BCUT2D eigenvalue weighted by Crippen LogP contribution is -2.37. The fourth-order valence-electron chi connectivity index (χ4n) is 2.23. The summed E-state index contributed by atoms with van der Waals surface area (Å²) in [5.41, 5.74) is 3.32. The van der Waals surface area contributed by atoms with Gasteiger partial charge in [-0.2, -0.15) is 0 Å². The molecule has 0 radical (unpaired) electrons. The topological polar surface area (TPSA) is 47.9 Å². The van der Waals surface area contributed by atoms with E-state index in [1.165, 1.54) is 11.1 Å². The highest BCUT2D eigenvalue weighted by molar-refractivity contribution is 5.81. The van der Waals surface area contributed by atoms with Gasteiger partial charge in [0.15, 0.2) is 5.96 Å². The molecule has 0 saturated carbocycles. The lowest BCUT2D eigenvalue weighted by atomic mass is 10.0. The third-order valence-corrected chi connectivity index (χ3v) is 3.14. The van der Waals surface area contributed by atoms with Crippen molar-refractivity contribution in [2.24, 2.45) is 4.99 Å². The molecular weight excluding hydrogens is 226 g/mol. The number of benzene rings is 1. The Balaban J connectivity index is 1.97. The van der Waals surface area contributed by atoms with Crippen LogP contribution < -0.4 is 5.32 Å².